The molecule has 0 spiro atoms. The minimum absolute atomic E-state index is 0.157. The van der Waals surface area contributed by atoms with Gasteiger partial charge in [-0.2, -0.15) is 5.26 Å². The molecule has 0 saturated heterocycles. The smallest absolute Gasteiger partial charge is 0.252 e. The Balaban J connectivity index is 1.88. The Morgan fingerprint density at radius 3 is 3.05 bits per heavy atom. The van der Waals surface area contributed by atoms with Gasteiger partial charge in [0.2, 0.25) is 0 Å². The van der Waals surface area contributed by atoms with E-state index in [2.05, 4.69) is 31.0 Å². The molecule has 0 aliphatic heterocycles. The molecule has 0 unspecified atom stereocenters. The molecule has 1 aromatic carbocycles. The van der Waals surface area contributed by atoms with Crippen molar-refractivity contribution in [3.05, 3.63) is 45.9 Å². The first-order valence-corrected chi connectivity index (χ1v) is 7.94. The molecule has 110 valence electrons. The van der Waals surface area contributed by atoms with Crippen molar-refractivity contribution >= 4 is 27.3 Å². The van der Waals surface area contributed by atoms with Gasteiger partial charge in [-0.15, -0.1) is 16.4 Å². The number of aromatic nitrogens is 4. The molecule has 6 nitrogen and oxygen atoms in total. The maximum absolute atomic E-state index is 8.73. The molecule has 0 saturated carbocycles. The zero-order valence-electron chi connectivity index (χ0n) is 11.5. The average molecular weight is 376 g/mol. The van der Waals surface area contributed by atoms with Crippen LogP contribution in [0.25, 0.3) is 10.6 Å². The molecule has 8 heteroatoms. The third kappa shape index (κ3) is 3.00. The van der Waals surface area contributed by atoms with E-state index in [1.165, 1.54) is 17.7 Å². The second kappa shape index (κ2) is 6.25. The van der Waals surface area contributed by atoms with Crippen LogP contribution in [0.2, 0.25) is 0 Å². The number of rotatable bonds is 4. The van der Waals surface area contributed by atoms with Gasteiger partial charge in [-0.25, -0.2) is 14.6 Å². The van der Waals surface area contributed by atoms with Gasteiger partial charge in [0.25, 0.3) is 5.82 Å². The van der Waals surface area contributed by atoms with Crippen molar-refractivity contribution < 1.29 is 4.74 Å². The van der Waals surface area contributed by atoms with Gasteiger partial charge in [0.15, 0.2) is 0 Å². The fourth-order valence-corrected chi connectivity index (χ4v) is 3.13. The third-order valence-electron chi connectivity index (χ3n) is 2.90. The molecule has 0 aliphatic carbocycles. The summed E-state index contributed by atoms with van der Waals surface area (Å²) in [6, 6.07) is 7.71. The van der Waals surface area contributed by atoms with Gasteiger partial charge in [0.05, 0.1) is 24.9 Å². The van der Waals surface area contributed by atoms with E-state index in [1.54, 1.807) is 11.8 Å². The van der Waals surface area contributed by atoms with E-state index in [4.69, 9.17) is 10.00 Å². The van der Waals surface area contributed by atoms with Crippen molar-refractivity contribution in [3.8, 4) is 22.4 Å². The van der Waals surface area contributed by atoms with Crippen molar-refractivity contribution in [2.75, 3.05) is 7.11 Å². The lowest BCUT2D eigenvalue weighted by molar-refractivity contribution is 0.416. The summed E-state index contributed by atoms with van der Waals surface area (Å²) in [5.74, 6) is 0.931. The average Bonchev–Trinajstić information content (AvgIpc) is 3.17. The highest BCUT2D eigenvalue weighted by Crippen LogP contribution is 2.34. The highest BCUT2D eigenvalue weighted by Gasteiger charge is 2.12. The van der Waals surface area contributed by atoms with Crippen LogP contribution < -0.4 is 4.74 Å². The Labute approximate surface area is 139 Å². The number of halogens is 1. The van der Waals surface area contributed by atoms with E-state index < -0.39 is 0 Å². The van der Waals surface area contributed by atoms with E-state index in [0.717, 1.165) is 26.5 Å². The number of ether oxygens (including phenoxy) is 1. The van der Waals surface area contributed by atoms with Gasteiger partial charge < -0.3 is 4.74 Å². The molecule has 2 heterocycles. The van der Waals surface area contributed by atoms with Crippen LogP contribution in [0.1, 0.15) is 11.5 Å². The summed E-state index contributed by atoms with van der Waals surface area (Å²) in [5, 5.41) is 15.6. The summed E-state index contributed by atoms with van der Waals surface area (Å²) >= 11 is 5.00. The Bertz CT molecular complexity index is 851. The van der Waals surface area contributed by atoms with Gasteiger partial charge >= 0.3 is 0 Å². The Hall–Kier alpha value is -2.24. The second-order valence-corrected chi connectivity index (χ2v) is 6.14. The van der Waals surface area contributed by atoms with Crippen LogP contribution in [0.3, 0.4) is 0 Å². The lowest BCUT2D eigenvalue weighted by atomic mass is 10.2. The molecule has 0 amide bonds. The summed E-state index contributed by atoms with van der Waals surface area (Å²) in [5.41, 5.74) is 1.79. The van der Waals surface area contributed by atoms with E-state index in [-0.39, 0.29) is 5.82 Å². The number of nitrogens with zero attached hydrogens (tertiary/aromatic N) is 5. The number of nitriles is 1. The third-order valence-corrected chi connectivity index (χ3v) is 4.32. The van der Waals surface area contributed by atoms with Crippen molar-refractivity contribution in [2.45, 2.75) is 6.54 Å². The molecular formula is C14H10BrN5OS. The molecule has 0 radical (unpaired) electrons. The summed E-state index contributed by atoms with van der Waals surface area (Å²) in [6.45, 7) is 0.474. The van der Waals surface area contributed by atoms with Crippen molar-refractivity contribution in [2.24, 2.45) is 0 Å². The normalized spacial score (nSPS) is 10.4. The lowest BCUT2D eigenvalue weighted by Gasteiger charge is -2.06. The number of hydrogen-bond donors (Lipinski definition) is 0. The summed E-state index contributed by atoms with van der Waals surface area (Å²) in [6.07, 6.45) is 1.53. The number of thiazole rings is 1. The van der Waals surface area contributed by atoms with Crippen molar-refractivity contribution in [1.29, 1.82) is 5.26 Å². The molecule has 3 aromatic rings. The monoisotopic (exact) mass is 375 g/mol. The molecule has 3 rings (SSSR count). The predicted molar refractivity (Wildman–Crippen MR) is 85.6 cm³/mol. The molecule has 2 aromatic heterocycles. The van der Waals surface area contributed by atoms with Crippen molar-refractivity contribution in [3.63, 3.8) is 0 Å². The molecule has 0 fully saturated rings. The summed E-state index contributed by atoms with van der Waals surface area (Å²) < 4.78 is 7.94. The van der Waals surface area contributed by atoms with Crippen LogP contribution in [-0.4, -0.2) is 26.9 Å². The zero-order valence-corrected chi connectivity index (χ0v) is 13.9. The number of hydrogen-bond acceptors (Lipinski definition) is 6. The maximum Gasteiger partial charge on any atom is 0.252 e. The number of methoxy groups -OCH3 is 1. The fraction of sp³-hybridized carbons (Fsp3) is 0.143. The minimum Gasteiger partial charge on any atom is -0.496 e. The Morgan fingerprint density at radius 2 is 2.32 bits per heavy atom. The van der Waals surface area contributed by atoms with E-state index in [1.807, 2.05) is 29.6 Å². The van der Waals surface area contributed by atoms with Crippen LogP contribution >= 0.6 is 27.3 Å². The standard InChI is InChI=1S/C14H10BrN5OS/c1-21-12-3-2-9(15)4-11(12)14-18-10(7-22-14)6-20-8-17-13(5-16)19-20/h2-4,7-8H,6H2,1H3. The van der Waals surface area contributed by atoms with Crippen LogP contribution in [0, 0.1) is 11.3 Å². The molecular weight excluding hydrogens is 366 g/mol. The van der Waals surface area contributed by atoms with E-state index in [0.29, 0.717) is 6.54 Å². The SMILES string of the molecule is COc1ccc(Br)cc1-c1nc(Cn2cnc(C#N)n2)cs1. The second-order valence-electron chi connectivity index (χ2n) is 4.37. The van der Waals surface area contributed by atoms with Gasteiger partial charge in [0, 0.05) is 9.85 Å². The summed E-state index contributed by atoms with van der Waals surface area (Å²) in [4.78, 5) is 8.48. The predicted octanol–water partition coefficient (Wildman–Crippen LogP) is 3.09. The van der Waals surface area contributed by atoms with Gasteiger partial charge in [0.1, 0.15) is 23.2 Å². The minimum atomic E-state index is 0.157. The van der Waals surface area contributed by atoms with E-state index in [9.17, 15) is 0 Å². The first-order chi connectivity index (χ1) is 10.7. The molecule has 0 aliphatic rings. The maximum atomic E-state index is 8.73. The topological polar surface area (TPSA) is 76.6 Å². The number of benzene rings is 1. The van der Waals surface area contributed by atoms with Crippen LogP contribution in [0.4, 0.5) is 0 Å². The Kier molecular flexibility index (Phi) is 4.18. The summed E-state index contributed by atoms with van der Waals surface area (Å²) in [7, 11) is 1.64. The first-order valence-electron chi connectivity index (χ1n) is 6.27. The highest BCUT2D eigenvalue weighted by molar-refractivity contribution is 9.10. The fourth-order valence-electron chi connectivity index (χ4n) is 1.94. The molecule has 0 bridgehead atoms. The quantitative estimate of drug-likeness (QED) is 0.699. The lowest BCUT2D eigenvalue weighted by Crippen LogP contribution is -2.00. The largest absolute Gasteiger partial charge is 0.496 e. The molecule has 0 N–H and O–H groups in total. The van der Waals surface area contributed by atoms with Crippen LogP contribution in [0.15, 0.2) is 34.4 Å². The van der Waals surface area contributed by atoms with Gasteiger partial charge in [-0.1, -0.05) is 15.9 Å². The Morgan fingerprint density at radius 1 is 1.45 bits per heavy atom. The van der Waals surface area contributed by atoms with E-state index >= 15 is 0 Å². The van der Waals surface area contributed by atoms with Crippen LogP contribution in [0.5, 0.6) is 5.75 Å². The van der Waals surface area contributed by atoms with Gasteiger partial charge in [-0.3, -0.25) is 0 Å². The van der Waals surface area contributed by atoms with Crippen LogP contribution in [-0.2, 0) is 6.54 Å². The highest BCUT2D eigenvalue weighted by atomic mass is 79.9. The first kappa shape index (κ1) is 14.7. The molecule has 22 heavy (non-hydrogen) atoms. The molecule has 0 atom stereocenters. The van der Waals surface area contributed by atoms with Gasteiger partial charge in [-0.05, 0) is 18.2 Å². The zero-order chi connectivity index (χ0) is 15.5. The van der Waals surface area contributed by atoms with Crippen molar-refractivity contribution in [1.82, 2.24) is 19.7 Å².